The van der Waals surface area contributed by atoms with Crippen LogP contribution in [-0.2, 0) is 5.11 Å². The van der Waals surface area contributed by atoms with Gasteiger partial charge in [-0.05, 0) is 18.5 Å². The zero-order valence-electron chi connectivity index (χ0n) is 4.07. The molecule has 0 heterocycles. The highest BCUT2D eigenvalue weighted by Gasteiger charge is 1.89. The van der Waals surface area contributed by atoms with E-state index in [0.29, 0.717) is 0 Å². The molecule has 0 rings (SSSR count). The second-order valence-corrected chi connectivity index (χ2v) is 1.50. The van der Waals surface area contributed by atoms with Crippen molar-refractivity contribution in [2.24, 2.45) is 5.92 Å². The van der Waals surface area contributed by atoms with Gasteiger partial charge in [0.15, 0.2) is 0 Å². The summed E-state index contributed by atoms with van der Waals surface area (Å²) in [4.78, 5) is 0. The van der Waals surface area contributed by atoms with Gasteiger partial charge in [0.25, 0.3) is 0 Å². The van der Waals surface area contributed by atoms with E-state index in [1.807, 2.05) is 0 Å². The van der Waals surface area contributed by atoms with Gasteiger partial charge in [-0.25, -0.2) is 5.11 Å². The average Bonchev–Trinajstić information content (AvgIpc) is 1.68. The third kappa shape index (κ3) is 3.65. The lowest BCUT2D eigenvalue weighted by Crippen LogP contribution is -1.92. The molecular weight excluding hydrogens is 112 g/mol. The van der Waals surface area contributed by atoms with Crippen LogP contribution in [0.4, 0.5) is 0 Å². The summed E-state index contributed by atoms with van der Waals surface area (Å²) in [6.07, 6.45) is 0. The molecule has 7 heavy (non-hydrogen) atoms. The minimum atomic E-state index is -0.167. The van der Waals surface area contributed by atoms with Crippen molar-refractivity contribution in [3.05, 3.63) is 0 Å². The van der Waals surface area contributed by atoms with E-state index < -0.39 is 0 Å². The molecule has 0 bridgehead atoms. The van der Waals surface area contributed by atoms with Gasteiger partial charge in [0.2, 0.25) is 0 Å². The fraction of sp³-hybridized carbons (Fsp3) is 0.600. The maximum atomic E-state index is 9.86. The molecule has 1 radical (unpaired) electrons. The van der Waals surface area contributed by atoms with Crippen LogP contribution < -0.4 is 0 Å². The van der Waals surface area contributed by atoms with Crippen molar-refractivity contribution in [2.75, 3.05) is 6.61 Å². The van der Waals surface area contributed by atoms with Gasteiger partial charge in [-0.15, -0.1) is 0 Å². The molecule has 0 saturated carbocycles. The van der Waals surface area contributed by atoms with Crippen LogP contribution >= 0.6 is 11.6 Å². The van der Waals surface area contributed by atoms with Gasteiger partial charge in [0.05, 0.1) is 6.61 Å². The Hall–Kier alpha value is -0.190. The smallest absolute Gasteiger partial charge is 0.0957 e. The van der Waals surface area contributed by atoms with Gasteiger partial charge in [-0.1, -0.05) is 5.92 Å². The number of halogens is 1. The third-order valence-electron chi connectivity index (χ3n) is 0.551. The molecule has 1 nitrogen and oxygen atoms in total. The summed E-state index contributed by atoms with van der Waals surface area (Å²) in [5.74, 6) is 2.40. The molecule has 0 saturated heterocycles. The molecule has 0 amide bonds. The number of hydrogen-bond donors (Lipinski definition) is 0. The predicted octanol–water partition coefficient (Wildman–Crippen LogP) is 1.25. The van der Waals surface area contributed by atoms with Crippen molar-refractivity contribution < 1.29 is 5.11 Å². The Labute approximate surface area is 48.3 Å². The average molecular weight is 118 g/mol. The van der Waals surface area contributed by atoms with Crippen LogP contribution in [0.5, 0.6) is 0 Å². The molecule has 0 aromatic heterocycles. The molecule has 39 valence electrons. The molecule has 1 unspecified atom stereocenters. The maximum absolute atomic E-state index is 9.86. The second kappa shape index (κ2) is 3.98. The van der Waals surface area contributed by atoms with Crippen LogP contribution in [0.3, 0.4) is 0 Å². The Morgan fingerprint density at radius 3 is 2.57 bits per heavy atom. The standard InChI is InChI=1S/C5H6ClO/c1-5(4-7)2-3-6/h5H,4H2,1H3. The summed E-state index contributed by atoms with van der Waals surface area (Å²) >= 11 is 4.98. The SMILES string of the molecule is CC(C#CCl)C[O]. The van der Waals surface area contributed by atoms with Crippen LogP contribution in [0.15, 0.2) is 0 Å². The van der Waals surface area contributed by atoms with Gasteiger partial charge in [-0.2, -0.15) is 0 Å². The lowest BCUT2D eigenvalue weighted by molar-refractivity contribution is 0.171. The molecule has 0 N–H and O–H groups in total. The van der Waals surface area contributed by atoms with Crippen LogP contribution in [0.2, 0.25) is 0 Å². The molecule has 0 spiro atoms. The second-order valence-electron chi connectivity index (χ2n) is 1.31. The van der Waals surface area contributed by atoms with Crippen molar-refractivity contribution in [1.29, 1.82) is 0 Å². The third-order valence-corrected chi connectivity index (χ3v) is 0.660. The van der Waals surface area contributed by atoms with Crippen molar-refractivity contribution in [3.8, 4) is 11.3 Å². The Bertz CT molecular complexity index is 90.0. The van der Waals surface area contributed by atoms with Gasteiger partial charge in [0, 0.05) is 11.3 Å². The first kappa shape index (κ1) is 6.81. The van der Waals surface area contributed by atoms with E-state index in [2.05, 4.69) is 11.3 Å². The van der Waals surface area contributed by atoms with E-state index in [1.54, 1.807) is 6.92 Å². The molecule has 2 heteroatoms. The molecule has 0 aromatic rings. The Kier molecular flexibility index (Phi) is 3.87. The summed E-state index contributed by atoms with van der Waals surface area (Å²) in [5, 5.41) is 12.0. The summed E-state index contributed by atoms with van der Waals surface area (Å²) in [7, 11) is 0. The quantitative estimate of drug-likeness (QED) is 0.461. The van der Waals surface area contributed by atoms with Gasteiger partial charge in [0.1, 0.15) is 0 Å². The van der Waals surface area contributed by atoms with Crippen molar-refractivity contribution in [1.82, 2.24) is 0 Å². The topological polar surface area (TPSA) is 19.9 Å². The maximum Gasteiger partial charge on any atom is 0.0957 e. The minimum absolute atomic E-state index is 0.0995. The highest BCUT2D eigenvalue weighted by atomic mass is 35.5. The van der Waals surface area contributed by atoms with E-state index in [9.17, 15) is 5.11 Å². The van der Waals surface area contributed by atoms with E-state index >= 15 is 0 Å². The minimum Gasteiger partial charge on any atom is -0.235 e. The van der Waals surface area contributed by atoms with E-state index in [-0.39, 0.29) is 12.5 Å². The zero-order valence-corrected chi connectivity index (χ0v) is 4.83. The van der Waals surface area contributed by atoms with Crippen LogP contribution in [-0.4, -0.2) is 6.61 Å². The fourth-order valence-electron chi connectivity index (χ4n) is 0.135. The molecule has 0 aromatic carbocycles. The Balaban J connectivity index is 3.29. The summed E-state index contributed by atoms with van der Waals surface area (Å²) < 4.78 is 0. The predicted molar refractivity (Wildman–Crippen MR) is 28.3 cm³/mol. The molecular formula is C5H6ClO. The number of hydrogen-bond acceptors (Lipinski definition) is 0. The first-order valence-corrected chi connectivity index (χ1v) is 2.38. The monoisotopic (exact) mass is 117 g/mol. The van der Waals surface area contributed by atoms with Gasteiger partial charge < -0.3 is 0 Å². The molecule has 1 atom stereocenters. The molecule has 0 fully saturated rings. The summed E-state index contributed by atoms with van der Waals surface area (Å²) in [6.45, 7) is 1.57. The molecule has 0 aliphatic carbocycles. The van der Waals surface area contributed by atoms with Crippen LogP contribution in [0.25, 0.3) is 0 Å². The van der Waals surface area contributed by atoms with Crippen molar-refractivity contribution in [3.63, 3.8) is 0 Å². The van der Waals surface area contributed by atoms with Gasteiger partial charge >= 0.3 is 0 Å². The largest absolute Gasteiger partial charge is 0.235 e. The summed E-state index contributed by atoms with van der Waals surface area (Å²) in [5.41, 5.74) is 0. The lowest BCUT2D eigenvalue weighted by Gasteiger charge is -1.88. The Morgan fingerprint density at radius 1 is 1.86 bits per heavy atom. The molecule has 0 aliphatic heterocycles. The first-order chi connectivity index (χ1) is 3.31. The summed E-state index contributed by atoms with van der Waals surface area (Å²) in [6, 6.07) is 0. The van der Waals surface area contributed by atoms with Crippen molar-refractivity contribution in [2.45, 2.75) is 6.92 Å². The Morgan fingerprint density at radius 2 is 2.43 bits per heavy atom. The van der Waals surface area contributed by atoms with Gasteiger partial charge in [-0.3, -0.25) is 0 Å². The van der Waals surface area contributed by atoms with Crippen molar-refractivity contribution >= 4 is 11.6 Å². The normalized spacial score (nSPS) is 11.9. The highest BCUT2D eigenvalue weighted by molar-refractivity contribution is 6.30. The lowest BCUT2D eigenvalue weighted by atomic mass is 10.2. The van der Waals surface area contributed by atoms with E-state index in [0.717, 1.165) is 0 Å². The van der Waals surface area contributed by atoms with E-state index in [4.69, 9.17) is 11.6 Å². The highest BCUT2D eigenvalue weighted by Crippen LogP contribution is 1.87. The van der Waals surface area contributed by atoms with Crippen LogP contribution in [0, 0.1) is 17.2 Å². The zero-order chi connectivity index (χ0) is 5.70. The first-order valence-electron chi connectivity index (χ1n) is 2.00. The fourth-order valence-corrected chi connectivity index (χ4v) is 0.321. The van der Waals surface area contributed by atoms with E-state index in [1.165, 1.54) is 0 Å². The molecule has 0 aliphatic rings. The van der Waals surface area contributed by atoms with Crippen LogP contribution in [0.1, 0.15) is 6.92 Å². The number of rotatable bonds is 1.